The molecule has 1 aliphatic rings. The van der Waals surface area contributed by atoms with E-state index < -0.39 is 0 Å². The van der Waals surface area contributed by atoms with Crippen LogP contribution in [0.2, 0.25) is 0 Å². The SMILES string of the molecule is CCC1CSC(c2ccc(C(C)C)cc2)N1. The van der Waals surface area contributed by atoms with Gasteiger partial charge in [-0.05, 0) is 23.5 Å². The van der Waals surface area contributed by atoms with E-state index in [4.69, 9.17) is 0 Å². The van der Waals surface area contributed by atoms with E-state index in [0.717, 1.165) is 0 Å². The van der Waals surface area contributed by atoms with E-state index in [1.54, 1.807) is 0 Å². The summed E-state index contributed by atoms with van der Waals surface area (Å²) in [6.45, 7) is 6.73. The Hall–Kier alpha value is -0.470. The Morgan fingerprint density at radius 3 is 2.50 bits per heavy atom. The molecule has 1 N–H and O–H groups in total. The molecule has 0 aromatic heterocycles. The van der Waals surface area contributed by atoms with Crippen molar-refractivity contribution in [2.24, 2.45) is 0 Å². The van der Waals surface area contributed by atoms with Crippen LogP contribution in [0.3, 0.4) is 0 Å². The normalized spacial score (nSPS) is 25.2. The molecule has 16 heavy (non-hydrogen) atoms. The lowest BCUT2D eigenvalue weighted by atomic mass is 10.0. The molecule has 1 aromatic rings. The van der Waals surface area contributed by atoms with Gasteiger partial charge in [0.15, 0.2) is 0 Å². The fourth-order valence-electron chi connectivity index (χ4n) is 2.01. The third kappa shape index (κ3) is 2.61. The van der Waals surface area contributed by atoms with Gasteiger partial charge in [0, 0.05) is 11.8 Å². The van der Waals surface area contributed by atoms with Crippen molar-refractivity contribution in [2.45, 2.75) is 44.5 Å². The maximum absolute atomic E-state index is 3.67. The monoisotopic (exact) mass is 235 g/mol. The molecule has 1 saturated heterocycles. The van der Waals surface area contributed by atoms with Gasteiger partial charge in [0.25, 0.3) is 0 Å². The lowest BCUT2D eigenvalue weighted by molar-refractivity contribution is 0.561. The Balaban J connectivity index is 2.05. The van der Waals surface area contributed by atoms with Gasteiger partial charge in [0.2, 0.25) is 0 Å². The summed E-state index contributed by atoms with van der Waals surface area (Å²) in [6.07, 6.45) is 1.23. The molecule has 0 radical (unpaired) electrons. The molecular formula is C14H21NS. The first-order valence-corrected chi connectivity index (χ1v) is 7.23. The number of hydrogen-bond acceptors (Lipinski definition) is 2. The standard InChI is InChI=1S/C14H21NS/c1-4-13-9-16-14(15-13)12-7-5-11(6-8-12)10(2)3/h5-8,10,13-15H,4,9H2,1-3H3. The first-order chi connectivity index (χ1) is 7.70. The van der Waals surface area contributed by atoms with Crippen LogP contribution in [0.1, 0.15) is 49.6 Å². The van der Waals surface area contributed by atoms with Crippen LogP contribution in [0, 0.1) is 0 Å². The van der Waals surface area contributed by atoms with E-state index in [-0.39, 0.29) is 0 Å². The summed E-state index contributed by atoms with van der Waals surface area (Å²) >= 11 is 2.03. The minimum absolute atomic E-state index is 0.506. The molecule has 1 fully saturated rings. The second kappa shape index (κ2) is 5.24. The van der Waals surface area contributed by atoms with Crippen LogP contribution in [0.4, 0.5) is 0 Å². The molecule has 0 saturated carbocycles. The third-order valence-electron chi connectivity index (χ3n) is 3.25. The molecule has 1 nitrogen and oxygen atoms in total. The third-order valence-corrected chi connectivity index (χ3v) is 4.59. The van der Waals surface area contributed by atoms with Gasteiger partial charge in [0.1, 0.15) is 0 Å². The van der Waals surface area contributed by atoms with Gasteiger partial charge in [-0.15, -0.1) is 11.8 Å². The molecule has 0 amide bonds. The zero-order valence-electron chi connectivity index (χ0n) is 10.4. The van der Waals surface area contributed by atoms with E-state index in [9.17, 15) is 0 Å². The summed E-state index contributed by atoms with van der Waals surface area (Å²) in [4.78, 5) is 0. The predicted molar refractivity (Wildman–Crippen MR) is 72.9 cm³/mol. The Morgan fingerprint density at radius 2 is 2.00 bits per heavy atom. The van der Waals surface area contributed by atoms with E-state index in [1.807, 2.05) is 11.8 Å². The van der Waals surface area contributed by atoms with Crippen molar-refractivity contribution >= 4 is 11.8 Å². The van der Waals surface area contributed by atoms with E-state index >= 15 is 0 Å². The van der Waals surface area contributed by atoms with Crippen molar-refractivity contribution in [1.29, 1.82) is 0 Å². The van der Waals surface area contributed by atoms with Crippen molar-refractivity contribution in [3.63, 3.8) is 0 Å². The second-order valence-corrected chi connectivity index (χ2v) is 5.94. The summed E-state index contributed by atoms with van der Waals surface area (Å²) in [5.41, 5.74) is 2.85. The van der Waals surface area contributed by atoms with E-state index in [1.165, 1.54) is 23.3 Å². The smallest absolute Gasteiger partial charge is 0.0792 e. The maximum atomic E-state index is 3.67. The molecule has 2 atom stereocenters. The average molecular weight is 235 g/mol. The first kappa shape index (κ1) is 12.0. The minimum Gasteiger partial charge on any atom is -0.298 e. The summed E-state index contributed by atoms with van der Waals surface area (Å²) in [5, 5.41) is 4.17. The molecule has 2 rings (SSSR count). The average Bonchev–Trinajstić information content (AvgIpc) is 2.77. The van der Waals surface area contributed by atoms with Crippen LogP contribution in [-0.2, 0) is 0 Å². The summed E-state index contributed by atoms with van der Waals surface area (Å²) in [5.74, 6) is 1.87. The van der Waals surface area contributed by atoms with Crippen molar-refractivity contribution < 1.29 is 0 Å². The van der Waals surface area contributed by atoms with Crippen molar-refractivity contribution in [3.05, 3.63) is 35.4 Å². The molecule has 0 spiro atoms. The van der Waals surface area contributed by atoms with Crippen LogP contribution in [0.25, 0.3) is 0 Å². The number of thioether (sulfide) groups is 1. The lowest BCUT2D eigenvalue weighted by Gasteiger charge is -2.13. The Bertz CT molecular complexity index is 331. The Labute approximate surface area is 103 Å². The fourth-order valence-corrected chi connectivity index (χ4v) is 3.40. The minimum atomic E-state index is 0.506. The highest BCUT2D eigenvalue weighted by atomic mass is 32.2. The van der Waals surface area contributed by atoms with Gasteiger partial charge in [-0.3, -0.25) is 5.32 Å². The van der Waals surface area contributed by atoms with Crippen molar-refractivity contribution in [1.82, 2.24) is 5.32 Å². The Kier molecular flexibility index (Phi) is 3.93. The number of rotatable bonds is 3. The molecule has 0 bridgehead atoms. The summed E-state index contributed by atoms with van der Waals surface area (Å²) in [7, 11) is 0. The summed E-state index contributed by atoms with van der Waals surface area (Å²) < 4.78 is 0. The number of benzene rings is 1. The molecule has 0 aliphatic carbocycles. The van der Waals surface area contributed by atoms with Crippen LogP contribution < -0.4 is 5.32 Å². The maximum Gasteiger partial charge on any atom is 0.0792 e. The van der Waals surface area contributed by atoms with E-state index in [2.05, 4.69) is 50.4 Å². The van der Waals surface area contributed by atoms with Gasteiger partial charge >= 0.3 is 0 Å². The fraction of sp³-hybridized carbons (Fsp3) is 0.571. The van der Waals surface area contributed by atoms with E-state index in [0.29, 0.717) is 17.3 Å². The topological polar surface area (TPSA) is 12.0 Å². The number of hydrogen-bond donors (Lipinski definition) is 1. The van der Waals surface area contributed by atoms with Crippen LogP contribution in [0.15, 0.2) is 24.3 Å². The van der Waals surface area contributed by atoms with Gasteiger partial charge in [0.05, 0.1) is 5.37 Å². The molecule has 2 heteroatoms. The van der Waals surface area contributed by atoms with Crippen molar-refractivity contribution in [3.8, 4) is 0 Å². The van der Waals surface area contributed by atoms with Crippen LogP contribution >= 0.6 is 11.8 Å². The van der Waals surface area contributed by atoms with Gasteiger partial charge < -0.3 is 0 Å². The highest BCUT2D eigenvalue weighted by Gasteiger charge is 2.23. The zero-order chi connectivity index (χ0) is 11.5. The van der Waals surface area contributed by atoms with Crippen LogP contribution in [-0.4, -0.2) is 11.8 Å². The number of nitrogens with one attached hydrogen (secondary N) is 1. The summed E-state index contributed by atoms with van der Waals surface area (Å²) in [6, 6.07) is 9.78. The predicted octanol–water partition coefficient (Wildman–Crippen LogP) is 3.92. The zero-order valence-corrected chi connectivity index (χ0v) is 11.2. The van der Waals surface area contributed by atoms with Gasteiger partial charge in [-0.25, -0.2) is 0 Å². The highest BCUT2D eigenvalue weighted by molar-refractivity contribution is 7.99. The van der Waals surface area contributed by atoms with Crippen molar-refractivity contribution in [2.75, 3.05) is 5.75 Å². The molecule has 1 aliphatic heterocycles. The Morgan fingerprint density at radius 1 is 1.31 bits per heavy atom. The molecule has 2 unspecified atom stereocenters. The lowest BCUT2D eigenvalue weighted by Crippen LogP contribution is -2.24. The molecule has 88 valence electrons. The molecular weight excluding hydrogens is 214 g/mol. The van der Waals surface area contributed by atoms with Crippen LogP contribution in [0.5, 0.6) is 0 Å². The largest absolute Gasteiger partial charge is 0.298 e. The quantitative estimate of drug-likeness (QED) is 0.852. The molecule has 1 aromatic carbocycles. The second-order valence-electron chi connectivity index (χ2n) is 4.81. The first-order valence-electron chi connectivity index (χ1n) is 6.18. The van der Waals surface area contributed by atoms with Gasteiger partial charge in [-0.1, -0.05) is 45.0 Å². The highest BCUT2D eigenvalue weighted by Crippen LogP contribution is 2.33. The molecule has 1 heterocycles. The van der Waals surface area contributed by atoms with Gasteiger partial charge in [-0.2, -0.15) is 0 Å².